The van der Waals surface area contributed by atoms with Gasteiger partial charge in [-0.3, -0.25) is 4.90 Å². The maximum atomic E-state index is 13.0. The SMILES string of the molecule is CCC(O)CN(CCOC)Cc1ccc(F)cc1Cl. The Balaban J connectivity index is 2.69. The van der Waals surface area contributed by atoms with Crippen molar-refractivity contribution in [3.63, 3.8) is 0 Å². The van der Waals surface area contributed by atoms with Gasteiger partial charge < -0.3 is 9.84 Å². The Morgan fingerprint density at radius 1 is 1.47 bits per heavy atom. The average molecular weight is 290 g/mol. The van der Waals surface area contributed by atoms with E-state index in [9.17, 15) is 9.50 Å². The molecule has 0 aliphatic carbocycles. The Morgan fingerprint density at radius 2 is 2.21 bits per heavy atom. The van der Waals surface area contributed by atoms with Crippen molar-refractivity contribution in [2.75, 3.05) is 26.8 Å². The Labute approximate surface area is 118 Å². The largest absolute Gasteiger partial charge is 0.392 e. The number of ether oxygens (including phenoxy) is 1. The van der Waals surface area contributed by atoms with Crippen LogP contribution in [0.3, 0.4) is 0 Å². The Kier molecular flexibility index (Phi) is 7.31. The number of aliphatic hydroxyl groups is 1. The van der Waals surface area contributed by atoms with Crippen molar-refractivity contribution in [2.45, 2.75) is 26.0 Å². The molecule has 3 nitrogen and oxygen atoms in total. The number of aliphatic hydroxyl groups excluding tert-OH is 1. The molecule has 0 aromatic heterocycles. The lowest BCUT2D eigenvalue weighted by Crippen LogP contribution is -2.34. The van der Waals surface area contributed by atoms with E-state index in [-0.39, 0.29) is 11.9 Å². The summed E-state index contributed by atoms with van der Waals surface area (Å²) >= 11 is 6.02. The predicted molar refractivity (Wildman–Crippen MR) is 74.9 cm³/mol. The van der Waals surface area contributed by atoms with E-state index in [1.807, 2.05) is 6.92 Å². The van der Waals surface area contributed by atoms with Crippen LogP contribution in [0.15, 0.2) is 18.2 Å². The van der Waals surface area contributed by atoms with Crippen molar-refractivity contribution in [1.82, 2.24) is 4.90 Å². The summed E-state index contributed by atoms with van der Waals surface area (Å²) in [5.74, 6) is -0.342. The number of benzene rings is 1. The molecule has 0 spiro atoms. The topological polar surface area (TPSA) is 32.7 Å². The minimum Gasteiger partial charge on any atom is -0.392 e. The van der Waals surface area contributed by atoms with Gasteiger partial charge >= 0.3 is 0 Å². The maximum absolute atomic E-state index is 13.0. The van der Waals surface area contributed by atoms with Crippen molar-refractivity contribution in [3.05, 3.63) is 34.6 Å². The number of rotatable bonds is 8. The number of hydrogen-bond donors (Lipinski definition) is 1. The van der Waals surface area contributed by atoms with Gasteiger partial charge in [-0.2, -0.15) is 0 Å². The lowest BCUT2D eigenvalue weighted by atomic mass is 10.2. The highest BCUT2D eigenvalue weighted by atomic mass is 35.5. The molecule has 1 aromatic rings. The zero-order valence-electron chi connectivity index (χ0n) is 11.4. The van der Waals surface area contributed by atoms with Crippen molar-refractivity contribution >= 4 is 11.6 Å². The minimum atomic E-state index is -0.379. The highest BCUT2D eigenvalue weighted by molar-refractivity contribution is 6.31. The Hall–Kier alpha value is -0.680. The molecule has 0 amide bonds. The quantitative estimate of drug-likeness (QED) is 0.799. The van der Waals surface area contributed by atoms with E-state index in [0.717, 1.165) is 5.56 Å². The number of nitrogens with zero attached hydrogens (tertiary/aromatic N) is 1. The highest BCUT2D eigenvalue weighted by Crippen LogP contribution is 2.19. The third-order valence-electron chi connectivity index (χ3n) is 2.96. The molecular formula is C14H21ClFNO2. The van der Waals surface area contributed by atoms with Gasteiger partial charge in [-0.1, -0.05) is 24.6 Å². The fourth-order valence-corrected chi connectivity index (χ4v) is 2.00. The molecule has 1 atom stereocenters. The third-order valence-corrected chi connectivity index (χ3v) is 3.31. The first-order valence-electron chi connectivity index (χ1n) is 6.40. The average Bonchev–Trinajstić information content (AvgIpc) is 2.38. The van der Waals surface area contributed by atoms with E-state index >= 15 is 0 Å². The first kappa shape index (κ1) is 16.4. The summed E-state index contributed by atoms with van der Waals surface area (Å²) < 4.78 is 18.1. The van der Waals surface area contributed by atoms with E-state index in [1.54, 1.807) is 13.2 Å². The van der Waals surface area contributed by atoms with Gasteiger partial charge in [0.1, 0.15) is 5.82 Å². The highest BCUT2D eigenvalue weighted by Gasteiger charge is 2.12. The third kappa shape index (κ3) is 5.87. The minimum absolute atomic E-state index is 0.342. The van der Waals surface area contributed by atoms with Gasteiger partial charge in [0.05, 0.1) is 12.7 Å². The molecule has 1 rings (SSSR count). The zero-order valence-corrected chi connectivity index (χ0v) is 12.2. The van der Waals surface area contributed by atoms with E-state index in [1.165, 1.54) is 12.1 Å². The van der Waals surface area contributed by atoms with Crippen molar-refractivity contribution in [3.8, 4) is 0 Å². The van der Waals surface area contributed by atoms with Gasteiger partial charge in [-0.15, -0.1) is 0 Å². The van der Waals surface area contributed by atoms with Gasteiger partial charge in [0.15, 0.2) is 0 Å². The van der Waals surface area contributed by atoms with E-state index < -0.39 is 0 Å². The smallest absolute Gasteiger partial charge is 0.124 e. The fraction of sp³-hybridized carbons (Fsp3) is 0.571. The molecule has 5 heteroatoms. The molecule has 0 fully saturated rings. The van der Waals surface area contributed by atoms with Crippen LogP contribution in [-0.4, -0.2) is 42.9 Å². The number of hydrogen-bond acceptors (Lipinski definition) is 3. The van der Waals surface area contributed by atoms with Crippen molar-refractivity contribution in [2.24, 2.45) is 0 Å². The lowest BCUT2D eigenvalue weighted by Gasteiger charge is -2.24. The van der Waals surface area contributed by atoms with Crippen LogP contribution >= 0.6 is 11.6 Å². The van der Waals surface area contributed by atoms with Crippen molar-refractivity contribution < 1.29 is 14.2 Å². The second-order valence-electron chi connectivity index (χ2n) is 4.53. The van der Waals surface area contributed by atoms with Crippen LogP contribution in [-0.2, 0) is 11.3 Å². The molecule has 0 saturated heterocycles. The van der Waals surface area contributed by atoms with E-state index in [2.05, 4.69) is 4.90 Å². The Bertz CT molecular complexity index is 390. The molecule has 0 heterocycles. The summed E-state index contributed by atoms with van der Waals surface area (Å²) in [6, 6.07) is 4.38. The molecule has 0 saturated carbocycles. The molecule has 19 heavy (non-hydrogen) atoms. The van der Waals surface area contributed by atoms with Crippen LogP contribution in [0, 0.1) is 5.82 Å². The summed E-state index contributed by atoms with van der Waals surface area (Å²) in [7, 11) is 1.64. The summed E-state index contributed by atoms with van der Waals surface area (Å²) in [5, 5.41) is 10.2. The standard InChI is InChI=1S/C14H21ClFNO2/c1-3-13(18)10-17(6-7-19-2)9-11-4-5-12(16)8-14(11)15/h4-5,8,13,18H,3,6-7,9-10H2,1-2H3. The van der Waals surface area contributed by atoms with Crippen LogP contribution in [0.1, 0.15) is 18.9 Å². The summed E-state index contributed by atoms with van der Waals surface area (Å²) in [5.41, 5.74) is 0.850. The fourth-order valence-electron chi connectivity index (χ4n) is 1.77. The van der Waals surface area contributed by atoms with Gasteiger partial charge in [0, 0.05) is 31.8 Å². The summed E-state index contributed by atoms with van der Waals surface area (Å²) in [6.45, 7) is 4.33. The van der Waals surface area contributed by atoms with Crippen molar-refractivity contribution in [1.29, 1.82) is 0 Å². The second kappa shape index (κ2) is 8.48. The molecule has 108 valence electrons. The van der Waals surface area contributed by atoms with Crippen LogP contribution in [0.25, 0.3) is 0 Å². The monoisotopic (exact) mass is 289 g/mol. The van der Waals surface area contributed by atoms with Crippen LogP contribution < -0.4 is 0 Å². The number of methoxy groups -OCH3 is 1. The molecule has 1 unspecified atom stereocenters. The molecule has 1 aromatic carbocycles. The zero-order chi connectivity index (χ0) is 14.3. The van der Waals surface area contributed by atoms with Gasteiger partial charge in [0.25, 0.3) is 0 Å². The summed E-state index contributed by atoms with van der Waals surface area (Å²) in [4.78, 5) is 2.05. The lowest BCUT2D eigenvalue weighted by molar-refractivity contribution is 0.0830. The van der Waals surface area contributed by atoms with Crippen LogP contribution in [0.5, 0.6) is 0 Å². The first-order valence-corrected chi connectivity index (χ1v) is 6.77. The first-order chi connectivity index (χ1) is 9.06. The molecule has 0 radical (unpaired) electrons. The number of halogens is 2. The molecule has 0 bridgehead atoms. The molecular weight excluding hydrogens is 269 g/mol. The van der Waals surface area contributed by atoms with Crippen LogP contribution in [0.4, 0.5) is 4.39 Å². The van der Waals surface area contributed by atoms with Crippen LogP contribution in [0.2, 0.25) is 5.02 Å². The van der Waals surface area contributed by atoms with E-state index in [0.29, 0.717) is 37.7 Å². The van der Waals surface area contributed by atoms with Gasteiger partial charge in [-0.25, -0.2) is 4.39 Å². The second-order valence-corrected chi connectivity index (χ2v) is 4.93. The molecule has 0 aliphatic heterocycles. The van der Waals surface area contributed by atoms with Gasteiger partial charge in [-0.05, 0) is 24.1 Å². The van der Waals surface area contributed by atoms with Gasteiger partial charge in [0.2, 0.25) is 0 Å². The molecule has 1 N–H and O–H groups in total. The normalized spacial score (nSPS) is 12.9. The van der Waals surface area contributed by atoms with E-state index in [4.69, 9.17) is 16.3 Å². The molecule has 0 aliphatic rings. The summed E-state index contributed by atoms with van der Waals surface area (Å²) in [6.07, 6.45) is 0.316. The Morgan fingerprint density at radius 3 is 2.79 bits per heavy atom. The predicted octanol–water partition coefficient (Wildman–Crippen LogP) is 2.70. The maximum Gasteiger partial charge on any atom is 0.124 e.